The van der Waals surface area contributed by atoms with E-state index in [1.54, 1.807) is 0 Å². The van der Waals surface area contributed by atoms with Gasteiger partial charge in [0.15, 0.2) is 5.22 Å². The summed E-state index contributed by atoms with van der Waals surface area (Å²) in [7, 11) is 0. The van der Waals surface area contributed by atoms with Gasteiger partial charge >= 0.3 is 0 Å². The number of rotatable bonds is 4. The molecule has 0 aliphatic rings. The molecule has 2 aromatic heterocycles. The molecular weight excluding hydrogens is 262 g/mol. The minimum atomic E-state index is 0.456. The molecular formula is C14H14ClN3O. The van der Waals surface area contributed by atoms with Crippen molar-refractivity contribution in [2.24, 2.45) is 0 Å². The maximum Gasteiger partial charge on any atom is 0.199 e. The van der Waals surface area contributed by atoms with Crippen molar-refractivity contribution >= 4 is 22.6 Å². The van der Waals surface area contributed by atoms with Crippen molar-refractivity contribution in [3.8, 4) is 0 Å². The quantitative estimate of drug-likeness (QED) is 0.767. The van der Waals surface area contributed by atoms with Crippen LogP contribution in [0.3, 0.4) is 0 Å². The molecule has 1 aromatic carbocycles. The van der Waals surface area contributed by atoms with E-state index in [1.807, 2.05) is 37.4 Å². The number of nitrogens with zero attached hydrogens (tertiary/aromatic N) is 1. The first-order valence-electron chi connectivity index (χ1n) is 6.11. The zero-order chi connectivity index (χ0) is 13.2. The summed E-state index contributed by atoms with van der Waals surface area (Å²) in [4.78, 5) is 0. The molecule has 2 heterocycles. The van der Waals surface area contributed by atoms with Crippen LogP contribution in [-0.2, 0) is 13.1 Å². The molecule has 0 bridgehead atoms. The van der Waals surface area contributed by atoms with Gasteiger partial charge in [0.05, 0.1) is 6.20 Å². The number of aromatic nitrogens is 2. The van der Waals surface area contributed by atoms with E-state index >= 15 is 0 Å². The Morgan fingerprint density at radius 1 is 1.32 bits per heavy atom. The summed E-state index contributed by atoms with van der Waals surface area (Å²) in [6, 6.07) is 7.86. The first-order valence-corrected chi connectivity index (χ1v) is 6.49. The van der Waals surface area contributed by atoms with Gasteiger partial charge in [-0.2, -0.15) is 5.10 Å². The lowest BCUT2D eigenvalue weighted by atomic mass is 10.1. The highest BCUT2D eigenvalue weighted by atomic mass is 35.5. The van der Waals surface area contributed by atoms with Crippen LogP contribution >= 0.6 is 11.6 Å². The molecule has 0 spiro atoms. The normalized spacial score (nSPS) is 11.3. The summed E-state index contributed by atoms with van der Waals surface area (Å²) >= 11 is 6.13. The van der Waals surface area contributed by atoms with Crippen LogP contribution in [0.1, 0.15) is 16.8 Å². The molecule has 3 rings (SSSR count). The van der Waals surface area contributed by atoms with Gasteiger partial charge in [0.1, 0.15) is 5.58 Å². The van der Waals surface area contributed by atoms with E-state index < -0.39 is 0 Å². The van der Waals surface area contributed by atoms with E-state index in [0.29, 0.717) is 11.8 Å². The average Bonchev–Trinajstić information content (AvgIpc) is 2.94. The number of fused-ring (bicyclic) bond motifs is 1. The minimum absolute atomic E-state index is 0.456. The SMILES string of the molecule is Cc1[nH]ncc1CNCc1c(Cl)oc2ccccc12. The number of hydrogen-bond acceptors (Lipinski definition) is 3. The smallest absolute Gasteiger partial charge is 0.199 e. The summed E-state index contributed by atoms with van der Waals surface area (Å²) in [6.07, 6.45) is 1.83. The molecule has 0 atom stereocenters. The van der Waals surface area contributed by atoms with Crippen LogP contribution < -0.4 is 5.32 Å². The molecule has 3 aromatic rings. The molecule has 0 saturated carbocycles. The van der Waals surface area contributed by atoms with Crippen LogP contribution in [0.4, 0.5) is 0 Å². The first-order chi connectivity index (χ1) is 9.25. The fourth-order valence-electron chi connectivity index (χ4n) is 2.11. The molecule has 5 heteroatoms. The van der Waals surface area contributed by atoms with Crippen LogP contribution in [0.25, 0.3) is 11.0 Å². The van der Waals surface area contributed by atoms with Crippen molar-refractivity contribution in [1.29, 1.82) is 0 Å². The van der Waals surface area contributed by atoms with E-state index in [0.717, 1.165) is 34.3 Å². The van der Waals surface area contributed by atoms with E-state index in [-0.39, 0.29) is 0 Å². The standard InChI is InChI=1S/C14H14ClN3O/c1-9-10(7-17-18-9)6-16-8-12-11-4-2-3-5-13(11)19-14(12)15/h2-5,7,16H,6,8H2,1H3,(H,17,18). The van der Waals surface area contributed by atoms with Gasteiger partial charge in [-0.25, -0.2) is 0 Å². The van der Waals surface area contributed by atoms with E-state index in [2.05, 4.69) is 15.5 Å². The van der Waals surface area contributed by atoms with Gasteiger partial charge in [0.25, 0.3) is 0 Å². The number of para-hydroxylation sites is 1. The monoisotopic (exact) mass is 275 g/mol. The van der Waals surface area contributed by atoms with Crippen LogP contribution in [0.5, 0.6) is 0 Å². The predicted octanol–water partition coefficient (Wildman–Crippen LogP) is 3.41. The summed E-state index contributed by atoms with van der Waals surface area (Å²) < 4.78 is 5.52. The number of furan rings is 1. The van der Waals surface area contributed by atoms with Gasteiger partial charge in [-0.3, -0.25) is 5.10 Å². The summed E-state index contributed by atoms with van der Waals surface area (Å²) in [5, 5.41) is 11.8. The number of H-pyrrole nitrogens is 1. The topological polar surface area (TPSA) is 53.9 Å². The Morgan fingerprint density at radius 3 is 2.95 bits per heavy atom. The Labute approximate surface area is 115 Å². The number of halogens is 1. The van der Waals surface area contributed by atoms with Crippen LogP contribution in [0.2, 0.25) is 5.22 Å². The predicted molar refractivity (Wildman–Crippen MR) is 75.1 cm³/mol. The van der Waals surface area contributed by atoms with Crippen molar-refractivity contribution in [2.45, 2.75) is 20.0 Å². The fraction of sp³-hybridized carbons (Fsp3) is 0.214. The molecule has 0 saturated heterocycles. The molecule has 0 unspecified atom stereocenters. The van der Waals surface area contributed by atoms with E-state index in [1.165, 1.54) is 0 Å². The van der Waals surface area contributed by atoms with Crippen molar-refractivity contribution in [2.75, 3.05) is 0 Å². The van der Waals surface area contributed by atoms with Crippen molar-refractivity contribution in [3.05, 3.63) is 52.5 Å². The largest absolute Gasteiger partial charge is 0.444 e. The number of aryl methyl sites for hydroxylation is 1. The number of benzene rings is 1. The minimum Gasteiger partial charge on any atom is -0.444 e. The number of hydrogen-bond donors (Lipinski definition) is 2. The van der Waals surface area contributed by atoms with E-state index in [4.69, 9.17) is 16.0 Å². The molecule has 0 aliphatic carbocycles. The maximum absolute atomic E-state index is 6.13. The Balaban J connectivity index is 1.75. The molecule has 0 amide bonds. The van der Waals surface area contributed by atoms with Crippen LogP contribution in [-0.4, -0.2) is 10.2 Å². The van der Waals surface area contributed by atoms with Crippen LogP contribution in [0.15, 0.2) is 34.9 Å². The van der Waals surface area contributed by atoms with Gasteiger partial charge < -0.3 is 9.73 Å². The van der Waals surface area contributed by atoms with Gasteiger partial charge in [-0.05, 0) is 24.6 Å². The second-order valence-corrected chi connectivity index (χ2v) is 4.82. The zero-order valence-electron chi connectivity index (χ0n) is 10.5. The molecule has 98 valence electrons. The van der Waals surface area contributed by atoms with Crippen molar-refractivity contribution in [3.63, 3.8) is 0 Å². The zero-order valence-corrected chi connectivity index (χ0v) is 11.3. The average molecular weight is 276 g/mol. The van der Waals surface area contributed by atoms with Gasteiger partial charge in [0, 0.05) is 35.3 Å². The second-order valence-electron chi connectivity index (χ2n) is 4.47. The lowest BCUT2D eigenvalue weighted by Gasteiger charge is -2.03. The number of nitrogens with one attached hydrogen (secondary N) is 2. The summed E-state index contributed by atoms with van der Waals surface area (Å²) in [6.45, 7) is 3.42. The Bertz CT molecular complexity index is 702. The molecule has 0 fully saturated rings. The number of aromatic amines is 1. The molecule has 0 aliphatic heterocycles. The third kappa shape index (κ3) is 2.37. The summed E-state index contributed by atoms with van der Waals surface area (Å²) in [5.41, 5.74) is 4.06. The molecule has 19 heavy (non-hydrogen) atoms. The highest BCUT2D eigenvalue weighted by molar-refractivity contribution is 6.30. The van der Waals surface area contributed by atoms with Gasteiger partial charge in [0.2, 0.25) is 0 Å². The third-order valence-corrected chi connectivity index (χ3v) is 3.51. The molecule has 0 radical (unpaired) electrons. The molecule has 4 nitrogen and oxygen atoms in total. The highest BCUT2D eigenvalue weighted by Crippen LogP contribution is 2.29. The first kappa shape index (κ1) is 12.3. The van der Waals surface area contributed by atoms with E-state index in [9.17, 15) is 0 Å². The van der Waals surface area contributed by atoms with Gasteiger partial charge in [-0.1, -0.05) is 18.2 Å². The van der Waals surface area contributed by atoms with Crippen LogP contribution in [0, 0.1) is 6.92 Å². The Hall–Kier alpha value is -1.78. The Kier molecular flexibility index (Phi) is 3.27. The third-order valence-electron chi connectivity index (χ3n) is 3.20. The van der Waals surface area contributed by atoms with Gasteiger partial charge in [-0.15, -0.1) is 0 Å². The lowest BCUT2D eigenvalue weighted by Crippen LogP contribution is -2.12. The van der Waals surface area contributed by atoms with Crippen molar-refractivity contribution < 1.29 is 4.42 Å². The van der Waals surface area contributed by atoms with Crippen molar-refractivity contribution in [1.82, 2.24) is 15.5 Å². The Morgan fingerprint density at radius 2 is 2.16 bits per heavy atom. The fourth-order valence-corrected chi connectivity index (χ4v) is 2.36. The highest BCUT2D eigenvalue weighted by Gasteiger charge is 2.11. The maximum atomic E-state index is 6.13. The summed E-state index contributed by atoms with van der Waals surface area (Å²) in [5.74, 6) is 0. The molecule has 2 N–H and O–H groups in total. The second kappa shape index (κ2) is 5.07. The lowest BCUT2D eigenvalue weighted by molar-refractivity contribution is 0.604.